The Morgan fingerprint density at radius 3 is 2.30 bits per heavy atom. The van der Waals surface area contributed by atoms with Gasteiger partial charge in [-0.1, -0.05) is 24.6 Å². The molecule has 27 heavy (non-hydrogen) atoms. The van der Waals surface area contributed by atoms with Crippen LogP contribution in [0.15, 0.2) is 48.5 Å². The maximum absolute atomic E-state index is 12.1. The second-order valence-electron chi connectivity index (χ2n) is 7.03. The lowest BCUT2D eigenvalue weighted by Crippen LogP contribution is -2.46. The number of nitrogens with zero attached hydrogens (tertiary/aromatic N) is 2. The van der Waals surface area contributed by atoms with E-state index in [0.717, 1.165) is 31.9 Å². The molecule has 144 valence electrons. The molecule has 3 rings (SSSR count). The van der Waals surface area contributed by atoms with Crippen molar-refractivity contribution in [3.05, 3.63) is 54.1 Å². The number of aryl methyl sites for hydroxylation is 1. The first-order valence-electron chi connectivity index (χ1n) is 9.71. The summed E-state index contributed by atoms with van der Waals surface area (Å²) in [5, 5.41) is 2.89. The third kappa shape index (κ3) is 5.73. The van der Waals surface area contributed by atoms with Gasteiger partial charge < -0.3 is 15.0 Å². The summed E-state index contributed by atoms with van der Waals surface area (Å²) in [7, 11) is 0. The Balaban J connectivity index is 1.46. The van der Waals surface area contributed by atoms with Crippen molar-refractivity contribution in [2.45, 2.75) is 20.3 Å². The van der Waals surface area contributed by atoms with Gasteiger partial charge in [0.15, 0.2) is 6.61 Å². The molecule has 2 aromatic rings. The Kier molecular flexibility index (Phi) is 6.71. The Morgan fingerprint density at radius 2 is 1.67 bits per heavy atom. The topological polar surface area (TPSA) is 44.8 Å². The lowest BCUT2D eigenvalue weighted by atomic mass is 10.2. The number of piperazine rings is 1. The summed E-state index contributed by atoms with van der Waals surface area (Å²) in [6, 6.07) is 15.7. The summed E-state index contributed by atoms with van der Waals surface area (Å²) >= 11 is 0. The molecule has 1 saturated heterocycles. The minimum Gasteiger partial charge on any atom is -0.484 e. The number of ether oxygens (including phenoxy) is 1. The van der Waals surface area contributed by atoms with E-state index in [1.54, 1.807) is 0 Å². The number of amides is 1. The van der Waals surface area contributed by atoms with Gasteiger partial charge in [-0.2, -0.15) is 0 Å². The van der Waals surface area contributed by atoms with Crippen LogP contribution >= 0.6 is 0 Å². The fourth-order valence-electron chi connectivity index (χ4n) is 3.28. The van der Waals surface area contributed by atoms with Gasteiger partial charge in [-0.05, 0) is 56.3 Å². The molecule has 0 bridgehead atoms. The average molecular weight is 367 g/mol. The van der Waals surface area contributed by atoms with Crippen molar-refractivity contribution in [2.24, 2.45) is 0 Å². The Bertz CT molecular complexity index is 720. The number of rotatable bonds is 7. The molecule has 5 nitrogen and oxygen atoms in total. The van der Waals surface area contributed by atoms with E-state index in [0.29, 0.717) is 5.75 Å². The van der Waals surface area contributed by atoms with Crippen LogP contribution in [0.5, 0.6) is 5.75 Å². The summed E-state index contributed by atoms with van der Waals surface area (Å²) < 4.78 is 5.52. The SMILES string of the molecule is CCCN1CCN(c2ccc(NC(=O)COc3ccc(C)cc3)cc2)CC1. The number of anilines is 2. The van der Waals surface area contributed by atoms with Gasteiger partial charge in [-0.3, -0.25) is 9.69 Å². The molecule has 1 N–H and O–H groups in total. The fourth-order valence-corrected chi connectivity index (χ4v) is 3.28. The van der Waals surface area contributed by atoms with Gasteiger partial charge >= 0.3 is 0 Å². The summed E-state index contributed by atoms with van der Waals surface area (Å²) in [5.74, 6) is 0.546. The van der Waals surface area contributed by atoms with E-state index < -0.39 is 0 Å². The second-order valence-corrected chi connectivity index (χ2v) is 7.03. The molecule has 2 aromatic carbocycles. The molecule has 5 heteroatoms. The number of nitrogens with one attached hydrogen (secondary N) is 1. The smallest absolute Gasteiger partial charge is 0.262 e. The highest BCUT2D eigenvalue weighted by molar-refractivity contribution is 5.92. The number of carbonyl (C=O) groups is 1. The van der Waals surface area contributed by atoms with E-state index in [2.05, 4.69) is 34.2 Å². The molecule has 0 unspecified atom stereocenters. The van der Waals surface area contributed by atoms with Crippen molar-refractivity contribution in [3.63, 3.8) is 0 Å². The van der Waals surface area contributed by atoms with E-state index >= 15 is 0 Å². The van der Waals surface area contributed by atoms with Crippen LogP contribution in [0.4, 0.5) is 11.4 Å². The molecule has 0 aromatic heterocycles. The van der Waals surface area contributed by atoms with Crippen LogP contribution in [0.3, 0.4) is 0 Å². The molecule has 1 heterocycles. The number of carbonyl (C=O) groups excluding carboxylic acids is 1. The third-order valence-electron chi connectivity index (χ3n) is 4.82. The summed E-state index contributed by atoms with van der Waals surface area (Å²) in [6.45, 7) is 9.77. The predicted molar refractivity (Wildman–Crippen MR) is 111 cm³/mol. The second kappa shape index (κ2) is 9.42. The van der Waals surface area contributed by atoms with Gasteiger partial charge in [0.2, 0.25) is 0 Å². The molecule has 1 fully saturated rings. The van der Waals surface area contributed by atoms with Crippen LogP contribution < -0.4 is 15.0 Å². The number of hydrogen-bond donors (Lipinski definition) is 1. The first kappa shape index (κ1) is 19.2. The Hall–Kier alpha value is -2.53. The van der Waals surface area contributed by atoms with Crippen LogP contribution in [-0.4, -0.2) is 50.1 Å². The summed E-state index contributed by atoms with van der Waals surface area (Å²) in [6.07, 6.45) is 1.21. The van der Waals surface area contributed by atoms with Gasteiger partial charge in [0, 0.05) is 37.6 Å². The Labute approximate surface area is 161 Å². The zero-order valence-corrected chi connectivity index (χ0v) is 16.3. The molecule has 0 saturated carbocycles. The van der Waals surface area contributed by atoms with Crippen molar-refractivity contribution in [2.75, 3.05) is 49.5 Å². The zero-order valence-electron chi connectivity index (χ0n) is 16.3. The van der Waals surface area contributed by atoms with Gasteiger partial charge in [-0.15, -0.1) is 0 Å². The highest BCUT2D eigenvalue weighted by Crippen LogP contribution is 2.20. The lowest BCUT2D eigenvalue weighted by molar-refractivity contribution is -0.118. The van der Waals surface area contributed by atoms with Crippen LogP contribution in [0.1, 0.15) is 18.9 Å². The molecule has 1 aliphatic heterocycles. The average Bonchev–Trinajstić information content (AvgIpc) is 2.69. The monoisotopic (exact) mass is 367 g/mol. The van der Waals surface area contributed by atoms with E-state index in [-0.39, 0.29) is 12.5 Å². The lowest BCUT2D eigenvalue weighted by Gasteiger charge is -2.36. The van der Waals surface area contributed by atoms with Crippen LogP contribution in [0.2, 0.25) is 0 Å². The fraction of sp³-hybridized carbons (Fsp3) is 0.409. The normalized spacial score (nSPS) is 14.8. The van der Waals surface area contributed by atoms with Crippen molar-refractivity contribution in [1.29, 1.82) is 0 Å². The first-order valence-corrected chi connectivity index (χ1v) is 9.71. The number of hydrogen-bond acceptors (Lipinski definition) is 4. The maximum Gasteiger partial charge on any atom is 0.262 e. The van der Waals surface area contributed by atoms with E-state index in [4.69, 9.17) is 4.74 Å². The summed E-state index contributed by atoms with van der Waals surface area (Å²) in [4.78, 5) is 17.0. The van der Waals surface area contributed by atoms with E-state index in [1.165, 1.54) is 24.2 Å². The number of benzene rings is 2. The summed E-state index contributed by atoms with van der Waals surface area (Å²) in [5.41, 5.74) is 3.17. The van der Waals surface area contributed by atoms with E-state index in [1.807, 2.05) is 43.3 Å². The van der Waals surface area contributed by atoms with Crippen molar-refractivity contribution >= 4 is 17.3 Å². The minimum atomic E-state index is -0.156. The standard InChI is InChI=1S/C22H29N3O2/c1-3-12-24-13-15-25(16-14-24)20-8-6-19(7-9-20)23-22(26)17-27-21-10-4-18(2)5-11-21/h4-11H,3,12-17H2,1-2H3,(H,23,26). The molecular weight excluding hydrogens is 338 g/mol. The molecular formula is C22H29N3O2. The predicted octanol–water partition coefficient (Wildman–Crippen LogP) is 3.54. The molecule has 0 atom stereocenters. The molecule has 0 spiro atoms. The van der Waals surface area contributed by atoms with Gasteiger partial charge in [0.1, 0.15) is 5.75 Å². The van der Waals surface area contributed by atoms with Crippen LogP contribution in [0, 0.1) is 6.92 Å². The zero-order chi connectivity index (χ0) is 19.1. The molecule has 0 radical (unpaired) electrons. The van der Waals surface area contributed by atoms with Crippen LogP contribution in [0.25, 0.3) is 0 Å². The van der Waals surface area contributed by atoms with Crippen LogP contribution in [-0.2, 0) is 4.79 Å². The maximum atomic E-state index is 12.1. The van der Waals surface area contributed by atoms with Gasteiger partial charge in [0.05, 0.1) is 0 Å². The first-order chi connectivity index (χ1) is 13.1. The van der Waals surface area contributed by atoms with Crippen molar-refractivity contribution in [1.82, 2.24) is 4.90 Å². The van der Waals surface area contributed by atoms with E-state index in [9.17, 15) is 4.79 Å². The van der Waals surface area contributed by atoms with Crippen molar-refractivity contribution in [3.8, 4) is 5.75 Å². The minimum absolute atomic E-state index is 0.00417. The van der Waals surface area contributed by atoms with Crippen molar-refractivity contribution < 1.29 is 9.53 Å². The van der Waals surface area contributed by atoms with Gasteiger partial charge in [-0.25, -0.2) is 0 Å². The largest absolute Gasteiger partial charge is 0.484 e. The Morgan fingerprint density at radius 1 is 1.00 bits per heavy atom. The highest BCUT2D eigenvalue weighted by atomic mass is 16.5. The quantitative estimate of drug-likeness (QED) is 0.813. The highest BCUT2D eigenvalue weighted by Gasteiger charge is 2.16. The molecule has 1 amide bonds. The van der Waals surface area contributed by atoms with Gasteiger partial charge in [0.25, 0.3) is 5.91 Å². The third-order valence-corrected chi connectivity index (χ3v) is 4.82. The molecule has 1 aliphatic rings. The molecule has 0 aliphatic carbocycles.